The number of piperidine rings is 1. The first-order chi connectivity index (χ1) is 6.09. The molecule has 1 heterocycles. The van der Waals surface area contributed by atoms with Gasteiger partial charge >= 0.3 is 6.98 Å². The average molecular weight is 192 g/mol. The molecule has 1 N–H and O–H groups in total. The SMILES string of the molecule is F[B-](F)(F)[C@@H]1C[C@H]1C1CCNCC1. The van der Waals surface area contributed by atoms with Crippen LogP contribution in [0.2, 0.25) is 5.82 Å². The molecule has 1 aliphatic heterocycles. The molecule has 0 radical (unpaired) electrons. The van der Waals surface area contributed by atoms with Crippen LogP contribution in [0.1, 0.15) is 19.3 Å². The van der Waals surface area contributed by atoms with Crippen LogP contribution in [0.5, 0.6) is 0 Å². The van der Waals surface area contributed by atoms with Gasteiger partial charge < -0.3 is 18.3 Å². The lowest BCUT2D eigenvalue weighted by Gasteiger charge is -2.24. The van der Waals surface area contributed by atoms with Gasteiger partial charge in [-0.3, -0.25) is 0 Å². The Morgan fingerprint density at radius 1 is 1.08 bits per heavy atom. The second-order valence-electron chi connectivity index (χ2n) is 4.28. The second kappa shape index (κ2) is 3.19. The lowest BCUT2D eigenvalue weighted by atomic mass is 9.78. The molecule has 76 valence electrons. The largest absolute Gasteiger partial charge is 0.481 e. The maximum atomic E-state index is 12.3. The Labute approximate surface area is 76.1 Å². The first-order valence-electron chi connectivity index (χ1n) is 4.99. The van der Waals surface area contributed by atoms with Gasteiger partial charge in [-0.05, 0) is 31.8 Å². The van der Waals surface area contributed by atoms with E-state index in [0.717, 1.165) is 25.9 Å². The fourth-order valence-corrected chi connectivity index (χ4v) is 2.48. The summed E-state index contributed by atoms with van der Waals surface area (Å²) in [4.78, 5) is 0. The molecule has 0 aromatic heterocycles. The fourth-order valence-electron chi connectivity index (χ4n) is 2.48. The third kappa shape index (κ3) is 2.01. The molecule has 13 heavy (non-hydrogen) atoms. The summed E-state index contributed by atoms with van der Waals surface area (Å²) in [6.45, 7) is -2.74. The predicted octanol–water partition coefficient (Wildman–Crippen LogP) is 2.22. The third-order valence-electron chi connectivity index (χ3n) is 3.37. The van der Waals surface area contributed by atoms with Crippen LogP contribution in [0.3, 0.4) is 0 Å². The summed E-state index contributed by atoms with van der Waals surface area (Å²) in [5, 5.41) is 3.17. The quantitative estimate of drug-likeness (QED) is 0.661. The highest BCUT2D eigenvalue weighted by Gasteiger charge is 2.53. The van der Waals surface area contributed by atoms with Crippen molar-refractivity contribution < 1.29 is 12.9 Å². The lowest BCUT2D eigenvalue weighted by molar-refractivity contribution is 0.329. The molecule has 0 aromatic carbocycles. The Morgan fingerprint density at radius 2 is 1.69 bits per heavy atom. The summed E-state index contributed by atoms with van der Waals surface area (Å²) in [7, 11) is 0. The van der Waals surface area contributed by atoms with Crippen LogP contribution in [-0.4, -0.2) is 20.1 Å². The molecule has 2 rings (SSSR count). The van der Waals surface area contributed by atoms with Gasteiger partial charge in [-0.25, -0.2) is 0 Å². The van der Waals surface area contributed by atoms with E-state index in [9.17, 15) is 12.9 Å². The first-order valence-corrected chi connectivity index (χ1v) is 4.99. The summed E-state index contributed by atoms with van der Waals surface area (Å²) >= 11 is 0. The highest BCUT2D eigenvalue weighted by atomic mass is 19.4. The summed E-state index contributed by atoms with van der Waals surface area (Å²) < 4.78 is 36.9. The molecule has 0 bridgehead atoms. The van der Waals surface area contributed by atoms with Crippen molar-refractivity contribution in [3.05, 3.63) is 0 Å². The van der Waals surface area contributed by atoms with Crippen molar-refractivity contribution in [3.63, 3.8) is 0 Å². The van der Waals surface area contributed by atoms with E-state index in [1.807, 2.05) is 0 Å². The molecule has 2 aliphatic rings. The van der Waals surface area contributed by atoms with E-state index in [4.69, 9.17) is 0 Å². The molecule has 1 aliphatic carbocycles. The van der Waals surface area contributed by atoms with Gasteiger partial charge in [0, 0.05) is 0 Å². The van der Waals surface area contributed by atoms with Crippen molar-refractivity contribution in [2.75, 3.05) is 13.1 Å². The van der Waals surface area contributed by atoms with Crippen molar-refractivity contribution in [2.24, 2.45) is 11.8 Å². The van der Waals surface area contributed by atoms with Crippen molar-refractivity contribution in [1.29, 1.82) is 0 Å². The van der Waals surface area contributed by atoms with E-state index in [0.29, 0.717) is 12.3 Å². The fraction of sp³-hybridized carbons (Fsp3) is 1.00. The highest BCUT2D eigenvalue weighted by Crippen LogP contribution is 2.58. The molecule has 2 atom stereocenters. The van der Waals surface area contributed by atoms with Crippen LogP contribution >= 0.6 is 0 Å². The Hall–Kier alpha value is -0.185. The van der Waals surface area contributed by atoms with Crippen LogP contribution < -0.4 is 5.32 Å². The number of hydrogen-bond donors (Lipinski definition) is 1. The lowest BCUT2D eigenvalue weighted by Crippen LogP contribution is -2.29. The molecule has 1 nitrogen and oxygen atoms in total. The van der Waals surface area contributed by atoms with Gasteiger partial charge in [0.05, 0.1) is 0 Å². The van der Waals surface area contributed by atoms with Crippen molar-refractivity contribution >= 4 is 6.98 Å². The smallest absolute Gasteiger partial charge is 0.449 e. The maximum Gasteiger partial charge on any atom is 0.481 e. The minimum absolute atomic E-state index is 0.0258. The summed E-state index contributed by atoms with van der Waals surface area (Å²) in [5.74, 6) is -0.597. The molecule has 0 amide bonds. The minimum Gasteiger partial charge on any atom is -0.449 e. The molecular formula is C8H14BF3N-. The Balaban J connectivity index is 1.84. The molecule has 2 fully saturated rings. The summed E-state index contributed by atoms with van der Waals surface area (Å²) in [6.07, 6.45) is 2.29. The van der Waals surface area contributed by atoms with Crippen LogP contribution in [0.25, 0.3) is 0 Å². The predicted molar refractivity (Wildman–Crippen MR) is 46.5 cm³/mol. The van der Waals surface area contributed by atoms with E-state index in [1.165, 1.54) is 0 Å². The zero-order chi connectivity index (χ0) is 9.47. The zero-order valence-corrected chi connectivity index (χ0v) is 7.48. The molecule has 0 spiro atoms. The molecule has 1 saturated carbocycles. The molecule has 0 unspecified atom stereocenters. The van der Waals surface area contributed by atoms with E-state index >= 15 is 0 Å². The third-order valence-corrected chi connectivity index (χ3v) is 3.37. The van der Waals surface area contributed by atoms with Crippen molar-refractivity contribution in [3.8, 4) is 0 Å². The Kier molecular flexibility index (Phi) is 2.30. The van der Waals surface area contributed by atoms with Gasteiger partial charge in [-0.15, -0.1) is 0 Å². The van der Waals surface area contributed by atoms with Gasteiger partial charge in [0.2, 0.25) is 0 Å². The molecule has 5 heteroatoms. The van der Waals surface area contributed by atoms with Crippen LogP contribution in [-0.2, 0) is 0 Å². The van der Waals surface area contributed by atoms with Gasteiger partial charge in [-0.2, -0.15) is 0 Å². The monoisotopic (exact) mass is 192 g/mol. The van der Waals surface area contributed by atoms with Gasteiger partial charge in [0.1, 0.15) is 0 Å². The van der Waals surface area contributed by atoms with Gasteiger partial charge in [0.15, 0.2) is 0 Å². The molecule has 0 aromatic rings. The molecule has 1 saturated heterocycles. The highest BCUT2D eigenvalue weighted by molar-refractivity contribution is 6.61. The molecular weight excluding hydrogens is 178 g/mol. The van der Waals surface area contributed by atoms with Gasteiger partial charge in [0.25, 0.3) is 0 Å². The number of nitrogens with one attached hydrogen (secondary N) is 1. The number of halogens is 3. The standard InChI is InChI=1S/C8H14BF3N/c10-9(11,12)8-5-7(8)6-1-3-13-4-2-6/h6-8,13H,1-5H2/q-1/t7-,8+/m0/s1. The van der Waals surface area contributed by atoms with E-state index in [2.05, 4.69) is 5.32 Å². The van der Waals surface area contributed by atoms with Crippen molar-refractivity contribution in [1.82, 2.24) is 5.32 Å². The first kappa shape index (κ1) is 9.37. The average Bonchev–Trinajstić information content (AvgIpc) is 2.83. The van der Waals surface area contributed by atoms with E-state index in [-0.39, 0.29) is 5.92 Å². The van der Waals surface area contributed by atoms with Crippen LogP contribution in [0, 0.1) is 11.8 Å². The van der Waals surface area contributed by atoms with Crippen LogP contribution in [0.15, 0.2) is 0 Å². The zero-order valence-electron chi connectivity index (χ0n) is 7.48. The maximum absolute atomic E-state index is 12.3. The van der Waals surface area contributed by atoms with Crippen molar-refractivity contribution in [2.45, 2.75) is 25.1 Å². The number of rotatable bonds is 2. The van der Waals surface area contributed by atoms with Gasteiger partial charge in [-0.1, -0.05) is 18.2 Å². The second-order valence-corrected chi connectivity index (χ2v) is 4.28. The van der Waals surface area contributed by atoms with Crippen LogP contribution in [0.4, 0.5) is 12.9 Å². The minimum atomic E-state index is -4.55. The summed E-state index contributed by atoms with van der Waals surface area (Å²) in [5.41, 5.74) is 0. The summed E-state index contributed by atoms with van der Waals surface area (Å²) in [6, 6.07) is 0. The van der Waals surface area contributed by atoms with E-state index < -0.39 is 12.8 Å². The normalized spacial score (nSPS) is 36.2. The Morgan fingerprint density at radius 3 is 2.15 bits per heavy atom. The Bertz CT molecular complexity index is 188. The van der Waals surface area contributed by atoms with E-state index in [1.54, 1.807) is 0 Å². The number of hydrogen-bond acceptors (Lipinski definition) is 1. The topological polar surface area (TPSA) is 12.0 Å².